The van der Waals surface area contributed by atoms with Crippen LogP contribution in [0.4, 0.5) is 0 Å². The van der Waals surface area contributed by atoms with Crippen molar-refractivity contribution in [1.29, 1.82) is 0 Å². The Morgan fingerprint density at radius 2 is 2.08 bits per heavy atom. The van der Waals surface area contributed by atoms with E-state index in [4.69, 9.17) is 0 Å². The summed E-state index contributed by atoms with van der Waals surface area (Å²) in [6.07, 6.45) is 11.3. The monoisotopic (exact) mass is 320 g/mol. The molecule has 0 bridgehead atoms. The summed E-state index contributed by atoms with van der Waals surface area (Å²) in [4.78, 5) is 23.6. The number of H-pyrrole nitrogens is 1. The number of pyridine rings is 1. The first-order chi connectivity index (χ1) is 11.8. The first kappa shape index (κ1) is 15.0. The second kappa shape index (κ2) is 6.49. The van der Waals surface area contributed by atoms with E-state index in [1.807, 2.05) is 31.6 Å². The summed E-state index contributed by atoms with van der Waals surface area (Å²) in [5.74, 6) is 0.795. The lowest BCUT2D eigenvalue weighted by atomic mass is 10.1. The molecule has 4 heterocycles. The van der Waals surface area contributed by atoms with Crippen LogP contribution in [-0.2, 0) is 6.54 Å². The molecule has 1 fully saturated rings. The molecule has 6 nitrogen and oxygen atoms in total. The SMILES string of the molecule is Cc1cnc(-c2nccnc2[C@H]2CCCN2Cc2cccnc2)[nH]1. The molecule has 0 amide bonds. The van der Waals surface area contributed by atoms with Crippen molar-refractivity contribution in [1.82, 2.24) is 29.8 Å². The van der Waals surface area contributed by atoms with Crippen LogP contribution in [0, 0.1) is 6.92 Å². The van der Waals surface area contributed by atoms with Gasteiger partial charge in [0.25, 0.3) is 0 Å². The number of imidazole rings is 1. The molecule has 1 atom stereocenters. The van der Waals surface area contributed by atoms with Gasteiger partial charge in [-0.15, -0.1) is 0 Å². The van der Waals surface area contributed by atoms with E-state index < -0.39 is 0 Å². The number of aromatic nitrogens is 5. The zero-order chi connectivity index (χ0) is 16.4. The molecule has 1 aliphatic rings. The second-order valence-electron chi connectivity index (χ2n) is 6.19. The van der Waals surface area contributed by atoms with Crippen LogP contribution in [0.25, 0.3) is 11.5 Å². The highest BCUT2D eigenvalue weighted by Crippen LogP contribution is 2.35. The van der Waals surface area contributed by atoms with E-state index >= 15 is 0 Å². The molecule has 122 valence electrons. The number of nitrogens with one attached hydrogen (secondary N) is 1. The van der Waals surface area contributed by atoms with Crippen molar-refractivity contribution in [2.24, 2.45) is 0 Å². The van der Waals surface area contributed by atoms with Gasteiger partial charge in [-0.3, -0.25) is 14.9 Å². The highest BCUT2D eigenvalue weighted by atomic mass is 15.2. The number of rotatable bonds is 4. The van der Waals surface area contributed by atoms with Crippen molar-refractivity contribution in [2.45, 2.75) is 32.4 Å². The average Bonchev–Trinajstić information content (AvgIpc) is 3.25. The van der Waals surface area contributed by atoms with Gasteiger partial charge in [0.15, 0.2) is 5.82 Å². The lowest BCUT2D eigenvalue weighted by Gasteiger charge is -2.24. The minimum absolute atomic E-state index is 0.263. The first-order valence-corrected chi connectivity index (χ1v) is 8.27. The number of nitrogens with zero attached hydrogens (tertiary/aromatic N) is 5. The molecule has 0 saturated carbocycles. The predicted molar refractivity (Wildman–Crippen MR) is 91.0 cm³/mol. The van der Waals surface area contributed by atoms with Gasteiger partial charge in [-0.05, 0) is 37.9 Å². The normalized spacial score (nSPS) is 18.1. The lowest BCUT2D eigenvalue weighted by molar-refractivity contribution is 0.244. The topological polar surface area (TPSA) is 70.6 Å². The van der Waals surface area contributed by atoms with E-state index in [-0.39, 0.29) is 6.04 Å². The van der Waals surface area contributed by atoms with Crippen molar-refractivity contribution in [3.05, 3.63) is 60.1 Å². The van der Waals surface area contributed by atoms with Crippen LogP contribution in [-0.4, -0.2) is 36.4 Å². The number of hydrogen-bond acceptors (Lipinski definition) is 5. The number of hydrogen-bond donors (Lipinski definition) is 1. The zero-order valence-electron chi connectivity index (χ0n) is 13.7. The van der Waals surface area contributed by atoms with Gasteiger partial charge in [-0.25, -0.2) is 9.97 Å². The third-order valence-corrected chi connectivity index (χ3v) is 4.44. The van der Waals surface area contributed by atoms with Crippen molar-refractivity contribution in [2.75, 3.05) is 6.54 Å². The Bertz CT molecular complexity index is 813. The van der Waals surface area contributed by atoms with E-state index in [9.17, 15) is 0 Å². The number of aryl methyl sites for hydroxylation is 1. The maximum atomic E-state index is 4.66. The van der Waals surface area contributed by atoms with Crippen LogP contribution in [0.15, 0.2) is 43.1 Å². The van der Waals surface area contributed by atoms with Crippen LogP contribution in [0.5, 0.6) is 0 Å². The van der Waals surface area contributed by atoms with Crippen LogP contribution < -0.4 is 0 Å². The molecule has 24 heavy (non-hydrogen) atoms. The summed E-state index contributed by atoms with van der Waals surface area (Å²) < 4.78 is 0. The molecule has 3 aromatic heterocycles. The molecule has 0 radical (unpaired) electrons. The van der Waals surface area contributed by atoms with Gasteiger partial charge >= 0.3 is 0 Å². The van der Waals surface area contributed by atoms with Crippen molar-refractivity contribution in [3.8, 4) is 11.5 Å². The molecule has 4 rings (SSSR count). The fourth-order valence-electron chi connectivity index (χ4n) is 3.36. The van der Waals surface area contributed by atoms with Crippen LogP contribution in [0.2, 0.25) is 0 Å². The summed E-state index contributed by atoms with van der Waals surface area (Å²) in [7, 11) is 0. The quantitative estimate of drug-likeness (QED) is 0.800. The fraction of sp³-hybridized carbons (Fsp3) is 0.333. The highest BCUT2D eigenvalue weighted by molar-refractivity contribution is 5.53. The van der Waals surface area contributed by atoms with Gasteiger partial charge in [0.2, 0.25) is 0 Å². The Kier molecular flexibility index (Phi) is 4.04. The number of aromatic amines is 1. The predicted octanol–water partition coefficient (Wildman–Crippen LogP) is 2.91. The average molecular weight is 320 g/mol. The smallest absolute Gasteiger partial charge is 0.158 e. The molecule has 0 aliphatic carbocycles. The minimum Gasteiger partial charge on any atom is -0.341 e. The van der Waals surface area contributed by atoms with E-state index in [0.717, 1.165) is 48.8 Å². The molecule has 0 unspecified atom stereocenters. The summed E-state index contributed by atoms with van der Waals surface area (Å²) >= 11 is 0. The maximum Gasteiger partial charge on any atom is 0.158 e. The minimum atomic E-state index is 0.263. The van der Waals surface area contributed by atoms with E-state index in [0.29, 0.717) is 0 Å². The molecule has 6 heteroatoms. The first-order valence-electron chi connectivity index (χ1n) is 8.27. The Hall–Kier alpha value is -2.60. The molecule has 1 saturated heterocycles. The Morgan fingerprint density at radius 3 is 2.88 bits per heavy atom. The van der Waals surface area contributed by atoms with E-state index in [1.54, 1.807) is 12.4 Å². The van der Waals surface area contributed by atoms with Gasteiger partial charge < -0.3 is 4.98 Å². The third kappa shape index (κ3) is 2.92. The zero-order valence-corrected chi connectivity index (χ0v) is 13.7. The highest BCUT2D eigenvalue weighted by Gasteiger charge is 2.30. The molecule has 3 aromatic rings. The summed E-state index contributed by atoms with van der Waals surface area (Å²) in [6.45, 7) is 3.94. The Balaban J connectivity index is 1.65. The molecular weight excluding hydrogens is 300 g/mol. The van der Waals surface area contributed by atoms with Crippen LogP contribution in [0.3, 0.4) is 0 Å². The van der Waals surface area contributed by atoms with Gasteiger partial charge in [0, 0.05) is 43.2 Å². The van der Waals surface area contributed by atoms with E-state index in [2.05, 4.69) is 35.9 Å². The van der Waals surface area contributed by atoms with Crippen molar-refractivity contribution in [3.63, 3.8) is 0 Å². The van der Waals surface area contributed by atoms with Crippen LogP contribution in [0.1, 0.15) is 35.8 Å². The van der Waals surface area contributed by atoms with Gasteiger partial charge in [0.1, 0.15) is 5.69 Å². The molecule has 1 N–H and O–H groups in total. The number of likely N-dealkylation sites (tertiary alicyclic amines) is 1. The molecule has 0 spiro atoms. The van der Waals surface area contributed by atoms with Crippen molar-refractivity contribution >= 4 is 0 Å². The van der Waals surface area contributed by atoms with Gasteiger partial charge in [-0.1, -0.05) is 6.07 Å². The molecular formula is C18H20N6. The van der Waals surface area contributed by atoms with Crippen molar-refractivity contribution < 1.29 is 0 Å². The standard InChI is InChI=1S/C18H20N6/c1-13-10-22-18(23-13)17-16(20-7-8-21-17)15-5-3-9-24(15)12-14-4-2-6-19-11-14/h2,4,6-8,10-11,15H,3,5,9,12H2,1H3,(H,22,23)/t15-/m1/s1. The third-order valence-electron chi connectivity index (χ3n) is 4.44. The summed E-state index contributed by atoms with van der Waals surface area (Å²) in [6, 6.07) is 4.37. The lowest BCUT2D eigenvalue weighted by Crippen LogP contribution is -2.24. The Morgan fingerprint density at radius 1 is 1.17 bits per heavy atom. The van der Waals surface area contributed by atoms with Crippen LogP contribution >= 0.6 is 0 Å². The van der Waals surface area contributed by atoms with E-state index in [1.165, 1.54) is 5.56 Å². The maximum absolute atomic E-state index is 4.66. The second-order valence-corrected chi connectivity index (χ2v) is 6.19. The molecule has 1 aliphatic heterocycles. The summed E-state index contributed by atoms with van der Waals surface area (Å²) in [5.41, 5.74) is 4.12. The van der Waals surface area contributed by atoms with Gasteiger partial charge in [0.05, 0.1) is 11.7 Å². The van der Waals surface area contributed by atoms with Gasteiger partial charge in [-0.2, -0.15) is 0 Å². The molecule has 0 aromatic carbocycles. The summed E-state index contributed by atoms with van der Waals surface area (Å²) in [5, 5.41) is 0. The fourth-order valence-corrected chi connectivity index (χ4v) is 3.36. The largest absolute Gasteiger partial charge is 0.341 e. The Labute approximate surface area is 141 Å².